The number of hydrogen-bond donors (Lipinski definition) is 2. The summed E-state index contributed by atoms with van der Waals surface area (Å²) in [5.74, 6) is 0.242. The zero-order valence-electron chi connectivity index (χ0n) is 19.1. The number of hydrogen-bond acceptors (Lipinski definition) is 5. The molecule has 1 aromatic carbocycles. The molecule has 1 saturated heterocycles. The van der Waals surface area contributed by atoms with Crippen molar-refractivity contribution in [3.05, 3.63) is 35.5 Å². The monoisotopic (exact) mass is 455 g/mol. The number of aliphatic hydroxyl groups is 1. The summed E-state index contributed by atoms with van der Waals surface area (Å²) in [6, 6.07) is 5.74. The fourth-order valence-electron chi connectivity index (χ4n) is 4.61. The molecule has 176 valence electrons. The number of halogens is 1. The largest absolute Gasteiger partial charge is 0.387 e. The lowest BCUT2D eigenvalue weighted by Gasteiger charge is -2.37. The highest BCUT2D eigenvalue weighted by Crippen LogP contribution is 2.38. The van der Waals surface area contributed by atoms with Gasteiger partial charge in [-0.25, -0.2) is 4.39 Å². The SMILES string of the molecule is CC(C)(O)C(F)CN1Cc2cc(-c3cc[nH]n3)c(N3CCN(C(=O)C4CC4)CC3)cc2C1=O. The highest BCUT2D eigenvalue weighted by molar-refractivity contribution is 6.01. The third-order valence-electron chi connectivity index (χ3n) is 6.88. The van der Waals surface area contributed by atoms with E-state index in [1.54, 1.807) is 6.20 Å². The molecule has 33 heavy (non-hydrogen) atoms. The molecule has 1 aliphatic carbocycles. The molecule has 5 rings (SSSR count). The van der Waals surface area contributed by atoms with Crippen molar-refractivity contribution in [2.45, 2.75) is 45.0 Å². The molecule has 3 heterocycles. The number of piperazine rings is 1. The third kappa shape index (κ3) is 4.21. The van der Waals surface area contributed by atoms with E-state index in [0.29, 0.717) is 38.3 Å². The van der Waals surface area contributed by atoms with Gasteiger partial charge in [0.25, 0.3) is 5.91 Å². The van der Waals surface area contributed by atoms with E-state index in [4.69, 9.17) is 0 Å². The number of H-pyrrole nitrogens is 1. The number of amides is 2. The molecule has 0 spiro atoms. The summed E-state index contributed by atoms with van der Waals surface area (Å²) in [4.78, 5) is 31.1. The molecule has 2 amide bonds. The minimum atomic E-state index is -1.54. The highest BCUT2D eigenvalue weighted by Gasteiger charge is 2.37. The maximum atomic E-state index is 14.5. The summed E-state index contributed by atoms with van der Waals surface area (Å²) in [6.07, 6.45) is 2.21. The van der Waals surface area contributed by atoms with Gasteiger partial charge in [-0.1, -0.05) is 0 Å². The Morgan fingerprint density at radius 1 is 1.24 bits per heavy atom. The number of rotatable bonds is 6. The predicted octanol–water partition coefficient (Wildman–Crippen LogP) is 2.20. The smallest absolute Gasteiger partial charge is 0.254 e. The molecule has 1 unspecified atom stereocenters. The van der Waals surface area contributed by atoms with Gasteiger partial charge in [0.15, 0.2) is 0 Å². The summed E-state index contributed by atoms with van der Waals surface area (Å²) in [5.41, 5.74) is 2.45. The number of nitrogens with zero attached hydrogens (tertiary/aromatic N) is 4. The van der Waals surface area contributed by atoms with Crippen molar-refractivity contribution in [3.63, 3.8) is 0 Å². The molecular formula is C24H30FN5O3. The maximum absolute atomic E-state index is 14.5. The fraction of sp³-hybridized carbons (Fsp3) is 0.542. The summed E-state index contributed by atoms with van der Waals surface area (Å²) < 4.78 is 14.5. The van der Waals surface area contributed by atoms with Crippen LogP contribution in [0.3, 0.4) is 0 Å². The lowest BCUT2D eigenvalue weighted by atomic mass is 10.00. The van der Waals surface area contributed by atoms with Crippen LogP contribution in [0.15, 0.2) is 24.4 Å². The molecule has 2 N–H and O–H groups in total. The Hall–Kier alpha value is -2.94. The van der Waals surface area contributed by atoms with Gasteiger partial charge in [0.2, 0.25) is 5.91 Å². The van der Waals surface area contributed by atoms with E-state index in [1.165, 1.54) is 18.7 Å². The van der Waals surface area contributed by atoms with Crippen LogP contribution >= 0.6 is 0 Å². The van der Waals surface area contributed by atoms with E-state index in [2.05, 4.69) is 15.1 Å². The maximum Gasteiger partial charge on any atom is 0.254 e. The second-order valence-corrected chi connectivity index (χ2v) is 9.88. The van der Waals surface area contributed by atoms with E-state index >= 15 is 0 Å². The van der Waals surface area contributed by atoms with Crippen LogP contribution in [0.4, 0.5) is 10.1 Å². The zero-order valence-corrected chi connectivity index (χ0v) is 19.1. The first kappa shape index (κ1) is 21.9. The third-order valence-corrected chi connectivity index (χ3v) is 6.88. The first-order chi connectivity index (χ1) is 15.7. The van der Waals surface area contributed by atoms with Crippen LogP contribution in [0.25, 0.3) is 11.3 Å². The van der Waals surface area contributed by atoms with Crippen LogP contribution in [0.2, 0.25) is 0 Å². The normalized spacial score (nSPS) is 19.8. The fourth-order valence-corrected chi connectivity index (χ4v) is 4.61. The number of carbonyl (C=O) groups is 2. The number of carbonyl (C=O) groups excluding carboxylic acids is 2. The number of nitrogens with one attached hydrogen (secondary N) is 1. The van der Waals surface area contributed by atoms with Gasteiger partial charge in [0, 0.05) is 61.7 Å². The average molecular weight is 456 g/mol. The minimum Gasteiger partial charge on any atom is -0.387 e. The van der Waals surface area contributed by atoms with Crippen molar-refractivity contribution in [2.75, 3.05) is 37.6 Å². The van der Waals surface area contributed by atoms with Gasteiger partial charge < -0.3 is 19.8 Å². The van der Waals surface area contributed by atoms with Crippen molar-refractivity contribution >= 4 is 17.5 Å². The number of alkyl halides is 1. The Morgan fingerprint density at radius 2 is 1.97 bits per heavy atom. The van der Waals surface area contributed by atoms with Crippen molar-refractivity contribution in [3.8, 4) is 11.3 Å². The molecule has 0 radical (unpaired) electrons. The van der Waals surface area contributed by atoms with Crippen molar-refractivity contribution in [2.24, 2.45) is 5.92 Å². The lowest BCUT2D eigenvalue weighted by molar-refractivity contribution is -0.132. The second-order valence-electron chi connectivity index (χ2n) is 9.88. The van der Waals surface area contributed by atoms with Crippen LogP contribution < -0.4 is 4.90 Å². The molecule has 1 aromatic heterocycles. The molecule has 2 fully saturated rings. The van der Waals surface area contributed by atoms with Crippen LogP contribution in [-0.4, -0.2) is 81.4 Å². The van der Waals surface area contributed by atoms with Gasteiger partial charge in [0.1, 0.15) is 6.17 Å². The summed E-state index contributed by atoms with van der Waals surface area (Å²) >= 11 is 0. The van der Waals surface area contributed by atoms with E-state index in [1.807, 2.05) is 23.1 Å². The number of benzene rings is 1. The number of anilines is 1. The van der Waals surface area contributed by atoms with Crippen molar-refractivity contribution in [1.29, 1.82) is 0 Å². The van der Waals surface area contributed by atoms with E-state index in [9.17, 15) is 19.1 Å². The second kappa shape index (κ2) is 8.13. The first-order valence-corrected chi connectivity index (χ1v) is 11.6. The minimum absolute atomic E-state index is 0.161. The molecule has 2 aromatic rings. The predicted molar refractivity (Wildman–Crippen MR) is 121 cm³/mol. The molecule has 1 saturated carbocycles. The van der Waals surface area contributed by atoms with Gasteiger partial charge in [-0.15, -0.1) is 0 Å². The topological polar surface area (TPSA) is 92.8 Å². The molecular weight excluding hydrogens is 425 g/mol. The van der Waals surface area contributed by atoms with Crippen LogP contribution in [-0.2, 0) is 11.3 Å². The van der Waals surface area contributed by atoms with Gasteiger partial charge in [-0.05, 0) is 50.5 Å². The van der Waals surface area contributed by atoms with E-state index < -0.39 is 11.8 Å². The molecule has 1 atom stereocenters. The van der Waals surface area contributed by atoms with Gasteiger partial charge in [-0.2, -0.15) is 5.10 Å². The number of aromatic nitrogens is 2. The zero-order chi connectivity index (χ0) is 23.3. The van der Waals surface area contributed by atoms with Crippen LogP contribution in [0, 0.1) is 5.92 Å². The van der Waals surface area contributed by atoms with Gasteiger partial charge in [-0.3, -0.25) is 14.7 Å². The summed E-state index contributed by atoms with van der Waals surface area (Å²) in [5, 5.41) is 17.2. The van der Waals surface area contributed by atoms with Gasteiger partial charge >= 0.3 is 0 Å². The first-order valence-electron chi connectivity index (χ1n) is 11.6. The van der Waals surface area contributed by atoms with Gasteiger partial charge in [0.05, 0.1) is 17.8 Å². The molecule has 3 aliphatic rings. The van der Waals surface area contributed by atoms with Crippen LogP contribution in [0.1, 0.15) is 42.6 Å². The van der Waals surface area contributed by atoms with Crippen LogP contribution in [0.5, 0.6) is 0 Å². The Labute approximate surface area is 192 Å². The Kier molecular flexibility index (Phi) is 5.39. The highest BCUT2D eigenvalue weighted by atomic mass is 19.1. The van der Waals surface area contributed by atoms with Crippen molar-refractivity contribution < 1.29 is 19.1 Å². The molecule has 8 nitrogen and oxygen atoms in total. The van der Waals surface area contributed by atoms with Crippen molar-refractivity contribution in [1.82, 2.24) is 20.0 Å². The number of fused-ring (bicyclic) bond motifs is 1. The molecule has 0 bridgehead atoms. The summed E-state index contributed by atoms with van der Waals surface area (Å²) in [7, 11) is 0. The van der Waals surface area contributed by atoms with E-state index in [-0.39, 0.29) is 24.3 Å². The quantitative estimate of drug-likeness (QED) is 0.697. The Morgan fingerprint density at radius 3 is 2.58 bits per heavy atom. The molecule has 9 heteroatoms. The summed E-state index contributed by atoms with van der Waals surface area (Å²) in [6.45, 7) is 5.62. The molecule has 2 aliphatic heterocycles. The Balaban J connectivity index is 1.41. The van der Waals surface area contributed by atoms with E-state index in [0.717, 1.165) is 35.3 Å². The standard InChI is InChI=1S/C24H30FN5O3/c1-24(2,33)21(25)14-30-13-16-11-18(19-5-6-26-27-19)20(12-17(16)23(30)32)28-7-9-29(10-8-28)22(31)15-3-4-15/h5-6,11-12,15,21,33H,3-4,7-10,13-14H2,1-2H3,(H,26,27). The lowest BCUT2D eigenvalue weighted by Crippen LogP contribution is -2.49. The average Bonchev–Trinajstić information content (AvgIpc) is 3.41. The Bertz CT molecular complexity index is 1050. The number of aromatic amines is 1.